The van der Waals surface area contributed by atoms with Crippen LogP contribution >= 0.6 is 0 Å². The molecule has 1 nitrogen and oxygen atoms in total. The highest BCUT2D eigenvalue weighted by molar-refractivity contribution is 5.54. The van der Waals surface area contributed by atoms with Gasteiger partial charge in [0.2, 0.25) is 0 Å². The minimum atomic E-state index is 0.315. The fourth-order valence-electron chi connectivity index (χ4n) is 2.32. The molecule has 80 valence electrons. The van der Waals surface area contributed by atoms with Crippen LogP contribution in [0.25, 0.3) is 6.08 Å². The van der Waals surface area contributed by atoms with E-state index < -0.39 is 0 Å². The molecule has 0 saturated heterocycles. The Labute approximate surface area is 92.0 Å². The van der Waals surface area contributed by atoms with Crippen LogP contribution in [0.15, 0.2) is 35.9 Å². The van der Waals surface area contributed by atoms with Gasteiger partial charge in [-0.2, -0.15) is 0 Å². The van der Waals surface area contributed by atoms with E-state index in [9.17, 15) is 0 Å². The van der Waals surface area contributed by atoms with Crippen LogP contribution in [0.2, 0.25) is 0 Å². The van der Waals surface area contributed by atoms with Crippen molar-refractivity contribution in [1.29, 1.82) is 0 Å². The van der Waals surface area contributed by atoms with Gasteiger partial charge >= 0.3 is 0 Å². The van der Waals surface area contributed by atoms with Gasteiger partial charge in [-0.25, -0.2) is 0 Å². The van der Waals surface area contributed by atoms with Crippen LogP contribution in [-0.4, -0.2) is 6.54 Å². The second-order valence-corrected chi connectivity index (χ2v) is 4.58. The molecule has 0 atom stereocenters. The van der Waals surface area contributed by atoms with Crippen molar-refractivity contribution < 1.29 is 0 Å². The molecular formula is C14H19N. The first kappa shape index (κ1) is 10.4. The molecule has 0 spiro atoms. The van der Waals surface area contributed by atoms with Gasteiger partial charge in [0.1, 0.15) is 0 Å². The van der Waals surface area contributed by atoms with E-state index in [-0.39, 0.29) is 0 Å². The predicted molar refractivity (Wildman–Crippen MR) is 65.4 cm³/mol. The fraction of sp³-hybridized carbons (Fsp3) is 0.429. The smallest absolute Gasteiger partial charge is 0.00350 e. The van der Waals surface area contributed by atoms with Crippen molar-refractivity contribution in [2.75, 3.05) is 6.54 Å². The molecule has 1 aliphatic rings. The van der Waals surface area contributed by atoms with Gasteiger partial charge in [0, 0.05) is 12.0 Å². The number of nitrogens with two attached hydrogens (primary N) is 1. The Bertz CT molecular complexity index is 341. The Morgan fingerprint density at radius 3 is 2.47 bits per heavy atom. The average molecular weight is 201 g/mol. The highest BCUT2D eigenvalue weighted by Crippen LogP contribution is 2.46. The van der Waals surface area contributed by atoms with Crippen molar-refractivity contribution in [1.82, 2.24) is 0 Å². The lowest BCUT2D eigenvalue weighted by molar-refractivity contribution is 0.198. The summed E-state index contributed by atoms with van der Waals surface area (Å²) in [6.07, 6.45) is 6.14. The molecule has 0 unspecified atom stereocenters. The summed E-state index contributed by atoms with van der Waals surface area (Å²) in [6, 6.07) is 10.5. The first-order chi connectivity index (χ1) is 7.27. The van der Waals surface area contributed by atoms with E-state index in [1.807, 2.05) is 0 Å². The van der Waals surface area contributed by atoms with Crippen LogP contribution in [0.4, 0.5) is 0 Å². The average Bonchev–Trinajstić information content (AvgIpc) is 2.18. The lowest BCUT2D eigenvalue weighted by Crippen LogP contribution is -2.38. The van der Waals surface area contributed by atoms with Crippen molar-refractivity contribution in [2.45, 2.75) is 26.2 Å². The van der Waals surface area contributed by atoms with Gasteiger partial charge in [0.15, 0.2) is 0 Å². The van der Waals surface area contributed by atoms with Crippen LogP contribution in [0.3, 0.4) is 0 Å². The molecule has 1 aromatic rings. The zero-order valence-corrected chi connectivity index (χ0v) is 9.37. The Morgan fingerprint density at radius 2 is 2.00 bits per heavy atom. The molecule has 1 aliphatic carbocycles. The van der Waals surface area contributed by atoms with E-state index in [4.69, 9.17) is 5.73 Å². The molecule has 0 aliphatic heterocycles. The zero-order chi connectivity index (χ0) is 10.7. The summed E-state index contributed by atoms with van der Waals surface area (Å²) >= 11 is 0. The first-order valence-corrected chi connectivity index (χ1v) is 5.71. The van der Waals surface area contributed by atoms with Crippen LogP contribution < -0.4 is 5.73 Å². The molecule has 2 N–H and O–H groups in total. The van der Waals surface area contributed by atoms with E-state index >= 15 is 0 Å². The lowest BCUT2D eigenvalue weighted by atomic mass is 9.64. The van der Waals surface area contributed by atoms with E-state index in [0.29, 0.717) is 5.41 Å². The standard InChI is InChI=1S/C14H19N/c1-12(14(11-15)8-5-9-14)10-13-6-3-2-4-7-13/h2-4,6-7,10H,5,8-9,11,15H2,1H3/b12-10-. The number of hydrogen-bond donors (Lipinski definition) is 1. The van der Waals surface area contributed by atoms with Crippen LogP contribution in [0, 0.1) is 5.41 Å². The highest BCUT2D eigenvalue weighted by Gasteiger charge is 2.36. The van der Waals surface area contributed by atoms with E-state index in [2.05, 4.69) is 43.3 Å². The third-order valence-corrected chi connectivity index (χ3v) is 3.72. The molecule has 0 heterocycles. The van der Waals surface area contributed by atoms with Crippen molar-refractivity contribution in [3.05, 3.63) is 41.5 Å². The summed E-state index contributed by atoms with van der Waals surface area (Å²) in [6.45, 7) is 3.02. The Balaban J connectivity index is 2.20. The second kappa shape index (κ2) is 4.19. The molecule has 0 bridgehead atoms. The molecule has 1 saturated carbocycles. The molecular weight excluding hydrogens is 182 g/mol. The van der Waals surface area contributed by atoms with Crippen molar-refractivity contribution >= 4 is 6.08 Å². The van der Waals surface area contributed by atoms with Gasteiger partial charge in [-0.05, 0) is 25.3 Å². The third-order valence-electron chi connectivity index (χ3n) is 3.72. The summed E-state index contributed by atoms with van der Waals surface area (Å²) in [7, 11) is 0. The van der Waals surface area contributed by atoms with E-state index in [0.717, 1.165) is 6.54 Å². The molecule has 0 amide bonds. The van der Waals surface area contributed by atoms with E-state index in [1.54, 1.807) is 0 Å². The van der Waals surface area contributed by atoms with Gasteiger partial charge < -0.3 is 5.73 Å². The first-order valence-electron chi connectivity index (χ1n) is 5.71. The zero-order valence-electron chi connectivity index (χ0n) is 9.37. The molecule has 15 heavy (non-hydrogen) atoms. The topological polar surface area (TPSA) is 26.0 Å². The molecule has 1 heteroatoms. The minimum absolute atomic E-state index is 0.315. The van der Waals surface area contributed by atoms with Crippen LogP contribution in [0.1, 0.15) is 31.7 Å². The van der Waals surface area contributed by atoms with Crippen molar-refractivity contribution in [3.8, 4) is 0 Å². The Morgan fingerprint density at radius 1 is 1.33 bits per heavy atom. The molecule has 0 aromatic heterocycles. The molecule has 0 radical (unpaired) electrons. The SMILES string of the molecule is C/C(=C/c1ccccc1)C1(CN)CCC1. The molecule has 1 fully saturated rings. The van der Waals surface area contributed by atoms with Gasteiger partial charge in [-0.15, -0.1) is 0 Å². The largest absolute Gasteiger partial charge is 0.330 e. The van der Waals surface area contributed by atoms with E-state index in [1.165, 1.54) is 30.4 Å². The van der Waals surface area contributed by atoms with Crippen LogP contribution in [0.5, 0.6) is 0 Å². The maximum absolute atomic E-state index is 5.88. The lowest BCUT2D eigenvalue weighted by Gasteiger charge is -2.42. The second-order valence-electron chi connectivity index (χ2n) is 4.58. The van der Waals surface area contributed by atoms with Crippen LogP contribution in [-0.2, 0) is 0 Å². The summed E-state index contributed by atoms with van der Waals surface area (Å²) in [5, 5.41) is 0. The van der Waals surface area contributed by atoms with Gasteiger partial charge in [-0.1, -0.05) is 48.4 Å². The van der Waals surface area contributed by atoms with Gasteiger partial charge in [-0.3, -0.25) is 0 Å². The third kappa shape index (κ3) is 1.98. The quantitative estimate of drug-likeness (QED) is 0.798. The maximum atomic E-state index is 5.88. The molecule has 1 aromatic carbocycles. The van der Waals surface area contributed by atoms with Crippen molar-refractivity contribution in [2.24, 2.45) is 11.1 Å². The monoisotopic (exact) mass is 201 g/mol. The summed E-state index contributed by atoms with van der Waals surface area (Å²) < 4.78 is 0. The normalized spacial score (nSPS) is 19.7. The fourth-order valence-corrected chi connectivity index (χ4v) is 2.32. The highest BCUT2D eigenvalue weighted by atomic mass is 14.6. The Hall–Kier alpha value is -1.08. The summed E-state index contributed by atoms with van der Waals surface area (Å²) in [5.74, 6) is 0. The molecule has 2 rings (SSSR count). The maximum Gasteiger partial charge on any atom is 0.00350 e. The number of hydrogen-bond acceptors (Lipinski definition) is 1. The van der Waals surface area contributed by atoms with Gasteiger partial charge in [0.05, 0.1) is 0 Å². The summed E-state index contributed by atoms with van der Waals surface area (Å²) in [5.41, 5.74) is 8.93. The predicted octanol–water partition coefficient (Wildman–Crippen LogP) is 3.22. The van der Waals surface area contributed by atoms with Gasteiger partial charge in [0.25, 0.3) is 0 Å². The number of benzene rings is 1. The number of rotatable bonds is 3. The Kier molecular flexibility index (Phi) is 2.92. The summed E-state index contributed by atoms with van der Waals surface area (Å²) in [4.78, 5) is 0. The minimum Gasteiger partial charge on any atom is -0.330 e. The van der Waals surface area contributed by atoms with Crippen molar-refractivity contribution in [3.63, 3.8) is 0 Å².